The summed E-state index contributed by atoms with van der Waals surface area (Å²) in [5.41, 5.74) is 2.37. The van der Waals surface area contributed by atoms with E-state index in [2.05, 4.69) is 6.07 Å². The lowest BCUT2D eigenvalue weighted by molar-refractivity contribution is 0.310. The van der Waals surface area contributed by atoms with Gasteiger partial charge in [-0.2, -0.15) is 4.31 Å². The zero-order valence-corrected chi connectivity index (χ0v) is 12.2. The molecule has 3 rings (SSSR count). The zero-order valence-electron chi connectivity index (χ0n) is 10.6. The van der Waals surface area contributed by atoms with Crippen LogP contribution in [0, 0.1) is 0 Å². The number of benzene rings is 1. The molecule has 0 saturated carbocycles. The molecule has 1 aromatic carbocycles. The van der Waals surface area contributed by atoms with Gasteiger partial charge in [-0.25, -0.2) is 8.42 Å². The Kier molecular flexibility index (Phi) is 3.20. The van der Waals surface area contributed by atoms with Gasteiger partial charge in [0, 0.05) is 12.6 Å². The number of hydrogen-bond donors (Lipinski definition) is 0. The third-order valence-corrected chi connectivity index (χ3v) is 6.84. The highest BCUT2D eigenvalue weighted by Gasteiger charge is 2.33. The molecule has 1 aromatic heterocycles. The molecule has 2 aromatic rings. The second-order valence-corrected chi connectivity index (χ2v) is 7.87. The van der Waals surface area contributed by atoms with Crippen molar-refractivity contribution in [2.75, 3.05) is 0 Å². The average molecular weight is 293 g/mol. The number of nitrogens with zero attached hydrogens (tertiary/aromatic N) is 1. The van der Waals surface area contributed by atoms with Crippen molar-refractivity contribution in [3.8, 4) is 0 Å². The monoisotopic (exact) mass is 293 g/mol. The van der Waals surface area contributed by atoms with Gasteiger partial charge in [-0.05, 0) is 35.9 Å². The van der Waals surface area contributed by atoms with Crippen molar-refractivity contribution in [2.45, 2.75) is 30.1 Å². The molecule has 0 fully saturated rings. The van der Waals surface area contributed by atoms with Crippen LogP contribution in [0.1, 0.15) is 18.1 Å². The average Bonchev–Trinajstić information content (AvgIpc) is 2.92. The Bertz CT molecular complexity index is 677. The Hall–Kier alpha value is -1.17. The standard InChI is InChI=1S/C14H15NO2S2/c1-11-9-12-5-2-3-6-13(12)10-15(11)19(16,17)14-7-4-8-18-14/h2-8,11H,9-10H2,1H3. The Morgan fingerprint density at radius 3 is 2.58 bits per heavy atom. The molecule has 0 aliphatic carbocycles. The smallest absolute Gasteiger partial charge is 0.206 e. The SMILES string of the molecule is CC1Cc2ccccc2CN1S(=O)(=O)c1cccs1. The highest BCUT2D eigenvalue weighted by molar-refractivity contribution is 7.91. The molecule has 19 heavy (non-hydrogen) atoms. The van der Waals surface area contributed by atoms with Crippen LogP contribution in [0.25, 0.3) is 0 Å². The van der Waals surface area contributed by atoms with Crippen molar-refractivity contribution in [3.63, 3.8) is 0 Å². The molecule has 5 heteroatoms. The van der Waals surface area contributed by atoms with Gasteiger partial charge in [0.1, 0.15) is 4.21 Å². The first-order valence-corrected chi connectivity index (χ1v) is 8.53. The molecule has 0 N–H and O–H groups in total. The van der Waals surface area contributed by atoms with Crippen LogP contribution >= 0.6 is 11.3 Å². The Morgan fingerprint density at radius 2 is 1.89 bits per heavy atom. The fraction of sp³-hybridized carbons (Fsp3) is 0.286. The van der Waals surface area contributed by atoms with Gasteiger partial charge in [0.2, 0.25) is 0 Å². The van der Waals surface area contributed by atoms with Crippen LogP contribution in [-0.4, -0.2) is 18.8 Å². The van der Waals surface area contributed by atoms with E-state index in [0.29, 0.717) is 10.8 Å². The van der Waals surface area contributed by atoms with Gasteiger partial charge in [-0.3, -0.25) is 0 Å². The minimum atomic E-state index is -3.36. The van der Waals surface area contributed by atoms with E-state index >= 15 is 0 Å². The summed E-state index contributed by atoms with van der Waals surface area (Å²) in [7, 11) is -3.36. The van der Waals surface area contributed by atoms with Gasteiger partial charge in [-0.1, -0.05) is 30.3 Å². The predicted octanol–water partition coefficient (Wildman–Crippen LogP) is 2.88. The Morgan fingerprint density at radius 1 is 1.16 bits per heavy atom. The van der Waals surface area contributed by atoms with Crippen LogP contribution in [0.4, 0.5) is 0 Å². The van der Waals surface area contributed by atoms with E-state index in [4.69, 9.17) is 0 Å². The minimum absolute atomic E-state index is 0.00185. The topological polar surface area (TPSA) is 37.4 Å². The van der Waals surface area contributed by atoms with Gasteiger partial charge in [0.25, 0.3) is 10.0 Å². The second-order valence-electron chi connectivity index (χ2n) is 4.80. The lowest BCUT2D eigenvalue weighted by Gasteiger charge is -2.33. The van der Waals surface area contributed by atoms with Crippen LogP contribution in [0.15, 0.2) is 46.0 Å². The third-order valence-electron chi connectivity index (χ3n) is 3.51. The quantitative estimate of drug-likeness (QED) is 0.854. The molecule has 1 aliphatic rings. The van der Waals surface area contributed by atoms with E-state index < -0.39 is 10.0 Å². The number of fused-ring (bicyclic) bond motifs is 1. The molecule has 3 nitrogen and oxygen atoms in total. The van der Waals surface area contributed by atoms with Crippen molar-refractivity contribution in [1.29, 1.82) is 0 Å². The molecule has 0 spiro atoms. The lowest BCUT2D eigenvalue weighted by atomic mass is 9.97. The van der Waals surface area contributed by atoms with Crippen molar-refractivity contribution in [2.24, 2.45) is 0 Å². The van der Waals surface area contributed by atoms with Crippen LogP contribution in [0.2, 0.25) is 0 Å². The zero-order chi connectivity index (χ0) is 13.5. The van der Waals surface area contributed by atoms with Gasteiger partial charge >= 0.3 is 0 Å². The molecule has 2 heterocycles. The van der Waals surface area contributed by atoms with Crippen molar-refractivity contribution >= 4 is 21.4 Å². The lowest BCUT2D eigenvalue weighted by Crippen LogP contribution is -2.42. The summed E-state index contributed by atoms with van der Waals surface area (Å²) in [5, 5.41) is 1.80. The molecule has 0 radical (unpaired) electrons. The molecule has 1 aliphatic heterocycles. The largest absolute Gasteiger partial charge is 0.253 e. The van der Waals surface area contributed by atoms with E-state index in [-0.39, 0.29) is 6.04 Å². The summed E-state index contributed by atoms with van der Waals surface area (Å²) in [6.45, 7) is 2.44. The molecule has 0 saturated heterocycles. The van der Waals surface area contributed by atoms with Crippen LogP contribution in [-0.2, 0) is 23.0 Å². The van der Waals surface area contributed by atoms with Crippen molar-refractivity contribution in [3.05, 3.63) is 52.9 Å². The summed E-state index contributed by atoms with van der Waals surface area (Å²) >= 11 is 1.28. The Labute approximate surface area is 117 Å². The van der Waals surface area contributed by atoms with Crippen molar-refractivity contribution in [1.82, 2.24) is 4.31 Å². The first-order chi connectivity index (χ1) is 9.09. The fourth-order valence-electron chi connectivity index (χ4n) is 2.50. The normalized spacial score (nSPS) is 20.2. The Balaban J connectivity index is 2.00. The molecule has 1 unspecified atom stereocenters. The summed E-state index contributed by atoms with van der Waals surface area (Å²) in [6, 6.07) is 11.5. The predicted molar refractivity (Wildman–Crippen MR) is 76.7 cm³/mol. The van der Waals surface area contributed by atoms with E-state index in [9.17, 15) is 8.42 Å². The maximum Gasteiger partial charge on any atom is 0.253 e. The first-order valence-electron chi connectivity index (χ1n) is 6.21. The summed E-state index contributed by atoms with van der Waals surface area (Å²) in [6.07, 6.45) is 0.779. The summed E-state index contributed by atoms with van der Waals surface area (Å²) in [5.74, 6) is 0. The van der Waals surface area contributed by atoms with Crippen LogP contribution in [0.3, 0.4) is 0 Å². The highest BCUT2D eigenvalue weighted by Crippen LogP contribution is 2.30. The maximum absolute atomic E-state index is 12.6. The number of thiophene rings is 1. The fourth-order valence-corrected chi connectivity index (χ4v) is 5.23. The van der Waals surface area contributed by atoms with Crippen molar-refractivity contribution < 1.29 is 8.42 Å². The van der Waals surface area contributed by atoms with Gasteiger partial charge in [0.15, 0.2) is 0 Å². The molecular formula is C14H15NO2S2. The van der Waals surface area contributed by atoms with E-state index in [0.717, 1.165) is 12.0 Å². The molecule has 100 valence electrons. The molecule has 0 amide bonds. The second kappa shape index (κ2) is 4.74. The van der Waals surface area contributed by atoms with Crippen LogP contribution < -0.4 is 0 Å². The number of rotatable bonds is 2. The van der Waals surface area contributed by atoms with Gasteiger partial charge in [0.05, 0.1) is 0 Å². The molecular weight excluding hydrogens is 278 g/mol. The first kappa shape index (κ1) is 12.8. The molecule has 1 atom stereocenters. The maximum atomic E-state index is 12.6. The number of sulfonamides is 1. The molecule has 0 bridgehead atoms. The minimum Gasteiger partial charge on any atom is -0.206 e. The summed E-state index contributed by atoms with van der Waals surface area (Å²) < 4.78 is 27.3. The third kappa shape index (κ3) is 2.22. The number of hydrogen-bond acceptors (Lipinski definition) is 3. The summed E-state index contributed by atoms with van der Waals surface area (Å²) in [4.78, 5) is 0. The van der Waals surface area contributed by atoms with Gasteiger partial charge < -0.3 is 0 Å². The van der Waals surface area contributed by atoms with E-state index in [1.807, 2.05) is 25.1 Å². The van der Waals surface area contributed by atoms with E-state index in [1.165, 1.54) is 16.9 Å². The van der Waals surface area contributed by atoms with Gasteiger partial charge in [-0.15, -0.1) is 11.3 Å². The van der Waals surface area contributed by atoms with Crippen LogP contribution in [0.5, 0.6) is 0 Å². The van der Waals surface area contributed by atoms with E-state index in [1.54, 1.807) is 21.8 Å². The highest BCUT2D eigenvalue weighted by atomic mass is 32.2.